The number of hydrogen-bond acceptors (Lipinski definition) is 7. The van der Waals surface area contributed by atoms with Gasteiger partial charge in [0, 0.05) is 61.9 Å². The third-order valence-corrected chi connectivity index (χ3v) is 6.71. The molecule has 5 N–H and O–H groups in total. The Morgan fingerprint density at radius 2 is 1.81 bits per heavy atom. The second-order valence-corrected chi connectivity index (χ2v) is 9.19. The van der Waals surface area contributed by atoms with Gasteiger partial charge in [0.2, 0.25) is 17.8 Å². The summed E-state index contributed by atoms with van der Waals surface area (Å²) in [5.41, 5.74) is 9.54. The molecule has 1 aromatic carbocycles. The molecule has 36 heavy (non-hydrogen) atoms. The zero-order valence-electron chi connectivity index (χ0n) is 20.4. The van der Waals surface area contributed by atoms with E-state index in [0.717, 1.165) is 55.1 Å². The van der Waals surface area contributed by atoms with Crippen LogP contribution in [0.3, 0.4) is 0 Å². The molecule has 1 aliphatic heterocycles. The van der Waals surface area contributed by atoms with Crippen molar-refractivity contribution in [2.24, 2.45) is 11.7 Å². The summed E-state index contributed by atoms with van der Waals surface area (Å²) in [6.07, 6.45) is 6.20. The summed E-state index contributed by atoms with van der Waals surface area (Å²) in [4.78, 5) is 39.9. The Hall–Kier alpha value is -4.34. The summed E-state index contributed by atoms with van der Waals surface area (Å²) >= 11 is 0. The van der Waals surface area contributed by atoms with Crippen molar-refractivity contribution in [1.29, 1.82) is 0 Å². The number of aromatic amines is 1. The Labute approximate surface area is 209 Å². The first-order valence-electron chi connectivity index (χ1n) is 12.1. The molecular weight excluding hydrogens is 456 g/mol. The van der Waals surface area contributed by atoms with E-state index in [-0.39, 0.29) is 11.8 Å². The van der Waals surface area contributed by atoms with Crippen LogP contribution in [0.2, 0.25) is 0 Å². The molecule has 3 aromatic rings. The van der Waals surface area contributed by atoms with Gasteiger partial charge in [-0.2, -0.15) is 9.97 Å². The van der Waals surface area contributed by atoms with Crippen LogP contribution in [-0.2, 0) is 9.59 Å². The smallest absolute Gasteiger partial charge is 0.248 e. The van der Waals surface area contributed by atoms with Crippen LogP contribution in [-0.4, -0.2) is 57.8 Å². The molecule has 2 amide bonds. The van der Waals surface area contributed by atoms with Gasteiger partial charge in [0.1, 0.15) is 11.5 Å². The Kier molecular flexibility index (Phi) is 6.32. The highest BCUT2D eigenvalue weighted by molar-refractivity contribution is 5.95. The zero-order chi connectivity index (χ0) is 25.2. The molecule has 0 bridgehead atoms. The number of amides is 2. The van der Waals surface area contributed by atoms with Gasteiger partial charge in [-0.1, -0.05) is 13.0 Å². The summed E-state index contributed by atoms with van der Waals surface area (Å²) in [6, 6.07) is 10.0. The number of rotatable bonds is 6. The molecule has 186 valence electrons. The van der Waals surface area contributed by atoms with Gasteiger partial charge >= 0.3 is 0 Å². The van der Waals surface area contributed by atoms with E-state index in [2.05, 4.69) is 44.6 Å². The standard InChI is InChI=1S/C26H30N8O2/c1-16-3-4-18(23(27)36)15-22(16)30-25-21-9-10-28-24(21)31-26(32-25)29-19-5-7-20(8-6-19)34-13-11-33(12-14-34)17(2)35/h4-10,15-16H,3,11-14H2,1-2H3,(H2,27,36)(H3,28,29,30,31,32). The van der Waals surface area contributed by atoms with Crippen LogP contribution >= 0.6 is 0 Å². The average Bonchev–Trinajstić information content (AvgIpc) is 3.35. The van der Waals surface area contributed by atoms with E-state index < -0.39 is 5.91 Å². The fourth-order valence-electron chi connectivity index (χ4n) is 4.52. The molecule has 1 saturated heterocycles. The molecule has 1 unspecified atom stereocenters. The molecule has 10 heteroatoms. The molecule has 0 saturated carbocycles. The van der Waals surface area contributed by atoms with Crippen molar-refractivity contribution in [3.8, 4) is 0 Å². The number of carbonyl (C=O) groups is 2. The fraction of sp³-hybridized carbons (Fsp3) is 0.308. The van der Waals surface area contributed by atoms with Crippen LogP contribution < -0.4 is 21.3 Å². The predicted molar refractivity (Wildman–Crippen MR) is 141 cm³/mol. The number of hydrogen-bond donors (Lipinski definition) is 4. The lowest BCUT2D eigenvalue weighted by Gasteiger charge is -2.35. The van der Waals surface area contributed by atoms with Crippen molar-refractivity contribution in [3.05, 3.63) is 60.0 Å². The van der Waals surface area contributed by atoms with Crippen molar-refractivity contribution in [3.63, 3.8) is 0 Å². The molecule has 10 nitrogen and oxygen atoms in total. The molecule has 2 aromatic heterocycles. The summed E-state index contributed by atoms with van der Waals surface area (Å²) in [5.74, 6) is 0.971. The molecule has 1 atom stereocenters. The number of carbonyl (C=O) groups excluding carboxylic acids is 2. The second kappa shape index (κ2) is 9.73. The van der Waals surface area contributed by atoms with Gasteiger partial charge < -0.3 is 31.2 Å². The van der Waals surface area contributed by atoms with Gasteiger partial charge in [-0.15, -0.1) is 0 Å². The molecule has 1 fully saturated rings. The SMILES string of the molecule is CC(=O)N1CCN(c2ccc(Nc3nc(NC4=CC(C(N)=O)=CCC4C)c4cc[nH]c4n3)cc2)CC1. The van der Waals surface area contributed by atoms with E-state index in [1.807, 2.05) is 35.4 Å². The van der Waals surface area contributed by atoms with Crippen molar-refractivity contribution in [2.45, 2.75) is 20.3 Å². The first-order chi connectivity index (χ1) is 17.4. The van der Waals surface area contributed by atoms with E-state index in [4.69, 9.17) is 10.7 Å². The quantitative estimate of drug-likeness (QED) is 0.421. The Bertz CT molecular complexity index is 1350. The Morgan fingerprint density at radius 3 is 2.50 bits per heavy atom. The minimum atomic E-state index is -0.442. The lowest BCUT2D eigenvalue weighted by atomic mass is 9.94. The van der Waals surface area contributed by atoms with Crippen LogP contribution in [0.25, 0.3) is 11.0 Å². The minimum absolute atomic E-state index is 0.126. The molecule has 0 spiro atoms. The van der Waals surface area contributed by atoms with Crippen molar-refractivity contribution in [2.75, 3.05) is 41.7 Å². The molecule has 1 aliphatic carbocycles. The fourth-order valence-corrected chi connectivity index (χ4v) is 4.52. The lowest BCUT2D eigenvalue weighted by Crippen LogP contribution is -2.48. The Balaban J connectivity index is 1.33. The van der Waals surface area contributed by atoms with Gasteiger partial charge in [0.25, 0.3) is 0 Å². The van der Waals surface area contributed by atoms with Gasteiger partial charge in [-0.25, -0.2) is 0 Å². The maximum absolute atomic E-state index is 11.7. The second-order valence-electron chi connectivity index (χ2n) is 9.19. The van der Waals surface area contributed by atoms with Crippen LogP contribution in [0.15, 0.2) is 60.0 Å². The normalized spacial score (nSPS) is 18.0. The number of allylic oxidation sites excluding steroid dienone is 2. The molecule has 5 rings (SSSR count). The summed E-state index contributed by atoms with van der Waals surface area (Å²) in [6.45, 7) is 6.81. The van der Waals surface area contributed by atoms with Gasteiger partial charge in [-0.05, 0) is 48.7 Å². The molecule has 2 aliphatic rings. The monoisotopic (exact) mass is 486 g/mol. The van der Waals surface area contributed by atoms with E-state index in [1.54, 1.807) is 13.0 Å². The highest BCUT2D eigenvalue weighted by atomic mass is 16.2. The minimum Gasteiger partial charge on any atom is -0.368 e. The molecule has 0 radical (unpaired) electrons. The largest absolute Gasteiger partial charge is 0.368 e. The lowest BCUT2D eigenvalue weighted by molar-refractivity contribution is -0.129. The van der Waals surface area contributed by atoms with Crippen molar-refractivity contribution < 1.29 is 9.59 Å². The highest BCUT2D eigenvalue weighted by Crippen LogP contribution is 2.29. The third kappa shape index (κ3) is 4.88. The van der Waals surface area contributed by atoms with E-state index in [9.17, 15) is 9.59 Å². The van der Waals surface area contributed by atoms with Crippen LogP contribution in [0.5, 0.6) is 0 Å². The highest BCUT2D eigenvalue weighted by Gasteiger charge is 2.20. The topological polar surface area (TPSA) is 132 Å². The van der Waals surface area contributed by atoms with Crippen molar-refractivity contribution >= 4 is 46.0 Å². The number of piperazine rings is 1. The molecular formula is C26H30N8O2. The number of aromatic nitrogens is 3. The number of nitrogens with zero attached hydrogens (tertiary/aromatic N) is 4. The number of H-pyrrole nitrogens is 1. The Morgan fingerprint density at radius 1 is 1.06 bits per heavy atom. The maximum Gasteiger partial charge on any atom is 0.248 e. The van der Waals surface area contributed by atoms with Crippen LogP contribution in [0.1, 0.15) is 20.3 Å². The van der Waals surface area contributed by atoms with E-state index >= 15 is 0 Å². The predicted octanol–water partition coefficient (Wildman–Crippen LogP) is 3.12. The average molecular weight is 487 g/mol. The number of nitrogens with one attached hydrogen (secondary N) is 3. The number of fused-ring (bicyclic) bond motifs is 1. The molecule has 3 heterocycles. The maximum atomic E-state index is 11.7. The van der Waals surface area contributed by atoms with Crippen LogP contribution in [0.4, 0.5) is 23.1 Å². The van der Waals surface area contributed by atoms with E-state index in [0.29, 0.717) is 23.0 Å². The number of primary amides is 1. The summed E-state index contributed by atoms with van der Waals surface area (Å²) < 4.78 is 0. The first-order valence-corrected chi connectivity index (χ1v) is 12.1. The van der Waals surface area contributed by atoms with Gasteiger partial charge in [-0.3, -0.25) is 9.59 Å². The zero-order valence-corrected chi connectivity index (χ0v) is 20.4. The first kappa shape index (κ1) is 23.4. The number of nitrogens with two attached hydrogens (primary N) is 1. The van der Waals surface area contributed by atoms with Gasteiger partial charge in [0.15, 0.2) is 0 Å². The number of benzene rings is 1. The van der Waals surface area contributed by atoms with Crippen molar-refractivity contribution in [1.82, 2.24) is 19.9 Å². The van der Waals surface area contributed by atoms with Crippen LogP contribution in [0, 0.1) is 5.92 Å². The summed E-state index contributed by atoms with van der Waals surface area (Å²) in [7, 11) is 0. The van der Waals surface area contributed by atoms with Gasteiger partial charge in [0.05, 0.1) is 5.39 Å². The van der Waals surface area contributed by atoms with E-state index in [1.165, 1.54) is 0 Å². The third-order valence-electron chi connectivity index (χ3n) is 6.71. The summed E-state index contributed by atoms with van der Waals surface area (Å²) in [5, 5.41) is 7.55. The number of anilines is 4.